The fraction of sp³-hybridized carbons (Fsp3) is 0.120. The Morgan fingerprint density at radius 3 is 2.39 bits per heavy atom. The number of amides is 1. The molecule has 1 unspecified atom stereocenters. The summed E-state index contributed by atoms with van der Waals surface area (Å²) >= 11 is 6.07. The van der Waals surface area contributed by atoms with Gasteiger partial charge in [-0.2, -0.15) is 5.10 Å². The average Bonchev–Trinajstić information content (AvgIpc) is 3.35. The van der Waals surface area contributed by atoms with Crippen molar-refractivity contribution in [3.63, 3.8) is 0 Å². The number of methoxy groups -OCH3 is 1. The number of hydrogen-bond donors (Lipinski definition) is 1. The van der Waals surface area contributed by atoms with E-state index in [1.807, 2.05) is 83.8 Å². The SMILES string of the molecule is COc1ccc(CN2C(=O)c3[nH]nc(-c4ccc(Cl)cc4)c3C2c2ccccc2)cc1. The lowest BCUT2D eigenvalue weighted by molar-refractivity contribution is 0.0730. The van der Waals surface area contributed by atoms with E-state index < -0.39 is 0 Å². The zero-order valence-electron chi connectivity index (χ0n) is 16.9. The minimum absolute atomic E-state index is 0.0626. The van der Waals surface area contributed by atoms with Crippen LogP contribution in [-0.2, 0) is 6.54 Å². The van der Waals surface area contributed by atoms with Crippen molar-refractivity contribution in [3.05, 3.63) is 106 Å². The van der Waals surface area contributed by atoms with Crippen molar-refractivity contribution in [2.75, 3.05) is 7.11 Å². The van der Waals surface area contributed by atoms with Gasteiger partial charge in [-0.05, 0) is 35.4 Å². The molecule has 5 rings (SSSR count). The van der Waals surface area contributed by atoms with E-state index in [4.69, 9.17) is 16.3 Å². The van der Waals surface area contributed by atoms with Gasteiger partial charge in [-0.15, -0.1) is 0 Å². The maximum Gasteiger partial charge on any atom is 0.273 e. The van der Waals surface area contributed by atoms with Gasteiger partial charge >= 0.3 is 0 Å². The van der Waals surface area contributed by atoms with Crippen molar-refractivity contribution in [3.8, 4) is 17.0 Å². The first-order valence-corrected chi connectivity index (χ1v) is 10.4. The molecule has 0 spiro atoms. The highest BCUT2D eigenvalue weighted by Gasteiger charge is 2.42. The van der Waals surface area contributed by atoms with E-state index in [1.165, 1.54) is 0 Å². The van der Waals surface area contributed by atoms with Crippen LogP contribution in [0.1, 0.15) is 33.2 Å². The zero-order chi connectivity index (χ0) is 21.4. The molecule has 6 heteroatoms. The number of rotatable bonds is 5. The Hall–Kier alpha value is -3.57. The van der Waals surface area contributed by atoms with E-state index in [2.05, 4.69) is 10.2 Å². The van der Waals surface area contributed by atoms with Gasteiger partial charge in [-0.1, -0.05) is 66.2 Å². The molecule has 154 valence electrons. The average molecular weight is 430 g/mol. The van der Waals surface area contributed by atoms with Gasteiger partial charge in [-0.25, -0.2) is 0 Å². The van der Waals surface area contributed by atoms with Gasteiger partial charge < -0.3 is 9.64 Å². The van der Waals surface area contributed by atoms with Gasteiger partial charge in [0.15, 0.2) is 0 Å². The molecular weight excluding hydrogens is 410 g/mol. The molecule has 0 radical (unpaired) electrons. The van der Waals surface area contributed by atoms with Crippen molar-refractivity contribution in [2.24, 2.45) is 0 Å². The number of halogens is 1. The Labute approximate surface area is 185 Å². The van der Waals surface area contributed by atoms with E-state index in [-0.39, 0.29) is 11.9 Å². The van der Waals surface area contributed by atoms with Gasteiger partial charge in [-0.3, -0.25) is 9.89 Å². The van der Waals surface area contributed by atoms with E-state index in [1.54, 1.807) is 7.11 Å². The van der Waals surface area contributed by atoms with Crippen molar-refractivity contribution < 1.29 is 9.53 Å². The van der Waals surface area contributed by atoms with Crippen LogP contribution in [0.2, 0.25) is 5.02 Å². The van der Waals surface area contributed by atoms with Gasteiger partial charge in [0.25, 0.3) is 5.91 Å². The molecule has 0 saturated carbocycles. The number of carbonyl (C=O) groups excluding carboxylic acids is 1. The van der Waals surface area contributed by atoms with Crippen molar-refractivity contribution >= 4 is 17.5 Å². The van der Waals surface area contributed by atoms with E-state index in [0.29, 0.717) is 17.3 Å². The lowest BCUT2D eigenvalue weighted by Gasteiger charge is -2.26. The number of carbonyl (C=O) groups is 1. The summed E-state index contributed by atoms with van der Waals surface area (Å²) in [6.45, 7) is 0.477. The van der Waals surface area contributed by atoms with Crippen molar-refractivity contribution in [1.82, 2.24) is 15.1 Å². The summed E-state index contributed by atoms with van der Waals surface area (Å²) in [6, 6.07) is 25.1. The van der Waals surface area contributed by atoms with Gasteiger partial charge in [0.2, 0.25) is 0 Å². The van der Waals surface area contributed by atoms with Crippen molar-refractivity contribution in [1.29, 1.82) is 0 Å². The summed E-state index contributed by atoms with van der Waals surface area (Å²) < 4.78 is 5.26. The van der Waals surface area contributed by atoms with Gasteiger partial charge in [0.1, 0.15) is 11.4 Å². The predicted molar refractivity (Wildman–Crippen MR) is 120 cm³/mol. The summed E-state index contributed by atoms with van der Waals surface area (Å²) in [5, 5.41) is 8.14. The van der Waals surface area contributed by atoms with Crippen molar-refractivity contribution in [2.45, 2.75) is 12.6 Å². The molecule has 1 aliphatic rings. The third-order valence-corrected chi connectivity index (χ3v) is 5.86. The fourth-order valence-corrected chi connectivity index (χ4v) is 4.22. The fourth-order valence-electron chi connectivity index (χ4n) is 4.10. The molecule has 1 N–H and O–H groups in total. The number of ether oxygens (including phenoxy) is 1. The molecule has 5 nitrogen and oxygen atoms in total. The van der Waals surface area contributed by atoms with Crippen LogP contribution < -0.4 is 4.74 Å². The van der Waals surface area contributed by atoms with Crippen LogP contribution in [0.25, 0.3) is 11.3 Å². The number of aromatic nitrogens is 2. The van der Waals surface area contributed by atoms with Crippen LogP contribution in [0, 0.1) is 0 Å². The molecule has 1 amide bonds. The molecule has 0 bridgehead atoms. The maximum atomic E-state index is 13.4. The first-order chi connectivity index (χ1) is 15.2. The minimum atomic E-state index is -0.241. The third-order valence-electron chi connectivity index (χ3n) is 5.61. The van der Waals surface area contributed by atoms with Gasteiger partial charge in [0, 0.05) is 22.7 Å². The topological polar surface area (TPSA) is 58.2 Å². The Morgan fingerprint density at radius 2 is 1.71 bits per heavy atom. The van der Waals surface area contributed by atoms with E-state index in [9.17, 15) is 4.79 Å². The van der Waals surface area contributed by atoms with Gasteiger partial charge in [0.05, 0.1) is 18.8 Å². The Morgan fingerprint density at radius 1 is 1.00 bits per heavy atom. The molecule has 2 heterocycles. The second kappa shape index (κ2) is 7.93. The largest absolute Gasteiger partial charge is 0.497 e. The van der Waals surface area contributed by atoms with Crippen LogP contribution >= 0.6 is 11.6 Å². The summed E-state index contributed by atoms with van der Waals surface area (Å²) in [4.78, 5) is 15.3. The number of nitrogens with zero attached hydrogens (tertiary/aromatic N) is 2. The summed E-state index contributed by atoms with van der Waals surface area (Å²) in [6.07, 6.45) is 0. The number of aromatic amines is 1. The maximum absolute atomic E-state index is 13.4. The van der Waals surface area contributed by atoms with Crippen LogP contribution in [-0.4, -0.2) is 28.1 Å². The molecule has 0 saturated heterocycles. The number of nitrogens with one attached hydrogen (secondary N) is 1. The number of benzene rings is 3. The highest BCUT2D eigenvalue weighted by molar-refractivity contribution is 6.30. The van der Waals surface area contributed by atoms with Crippen LogP contribution in [0.15, 0.2) is 78.9 Å². The van der Waals surface area contributed by atoms with Crippen LogP contribution in [0.4, 0.5) is 0 Å². The monoisotopic (exact) mass is 429 g/mol. The predicted octanol–water partition coefficient (Wildman–Crippen LogP) is 5.48. The first kappa shape index (κ1) is 19.4. The smallest absolute Gasteiger partial charge is 0.273 e. The first-order valence-electron chi connectivity index (χ1n) is 9.99. The second-order valence-corrected chi connectivity index (χ2v) is 7.90. The molecule has 0 aliphatic carbocycles. The van der Waals surface area contributed by atoms with Crippen LogP contribution in [0.5, 0.6) is 5.75 Å². The quantitative estimate of drug-likeness (QED) is 0.456. The third kappa shape index (κ3) is 3.47. The zero-order valence-corrected chi connectivity index (χ0v) is 17.6. The van der Waals surface area contributed by atoms with E-state index >= 15 is 0 Å². The lowest BCUT2D eigenvalue weighted by atomic mass is 9.96. The highest BCUT2D eigenvalue weighted by atomic mass is 35.5. The summed E-state index contributed by atoms with van der Waals surface area (Å²) in [5.74, 6) is 0.725. The standard InChI is InChI=1S/C25H20ClN3O2/c1-31-20-13-7-16(8-14-20)15-29-24(18-5-3-2-4-6-18)21-22(27-28-23(21)25(29)30)17-9-11-19(26)12-10-17/h2-14,24H,15H2,1H3,(H,27,28). The molecule has 4 aromatic rings. The molecular formula is C25H20ClN3O2. The second-order valence-electron chi connectivity index (χ2n) is 7.46. The number of fused-ring (bicyclic) bond motifs is 1. The molecule has 0 fully saturated rings. The lowest BCUT2D eigenvalue weighted by Crippen LogP contribution is -2.29. The normalized spacial score (nSPS) is 15.2. The molecule has 31 heavy (non-hydrogen) atoms. The molecule has 1 aromatic heterocycles. The van der Waals surface area contributed by atoms with Crippen LogP contribution in [0.3, 0.4) is 0 Å². The van der Waals surface area contributed by atoms with E-state index in [0.717, 1.165) is 33.7 Å². The molecule has 1 aliphatic heterocycles. The number of H-pyrrole nitrogens is 1. The minimum Gasteiger partial charge on any atom is -0.497 e. The summed E-state index contributed by atoms with van der Waals surface area (Å²) in [7, 11) is 1.64. The molecule has 1 atom stereocenters. The Bertz CT molecular complexity index is 1220. The Kier molecular flexibility index (Phi) is 4.96. The molecule has 3 aromatic carbocycles. The summed E-state index contributed by atoms with van der Waals surface area (Å²) in [5.41, 5.74) is 5.19. The Balaban J connectivity index is 1.60. The number of hydrogen-bond acceptors (Lipinski definition) is 3. The highest BCUT2D eigenvalue weighted by Crippen LogP contribution is 2.43.